The Hall–Kier alpha value is -1.95. The number of nitrogens with one attached hydrogen (secondary N) is 1. The van der Waals surface area contributed by atoms with Crippen LogP contribution in [0.5, 0.6) is 0 Å². The molecule has 6 heteroatoms. The second-order valence-electron chi connectivity index (χ2n) is 5.16. The Morgan fingerprint density at radius 2 is 2.05 bits per heavy atom. The maximum atomic E-state index is 11.2. The van der Waals surface area contributed by atoms with E-state index < -0.39 is 5.76 Å². The van der Waals surface area contributed by atoms with Crippen molar-refractivity contribution in [2.75, 3.05) is 44.4 Å². The number of nitrogens with zero attached hydrogens (tertiary/aromatic N) is 2. The Kier molecular flexibility index (Phi) is 4.34. The highest BCUT2D eigenvalue weighted by molar-refractivity contribution is 5.85. The first-order valence-electron chi connectivity index (χ1n) is 6.83. The van der Waals surface area contributed by atoms with Crippen LogP contribution in [0, 0.1) is 0 Å². The van der Waals surface area contributed by atoms with Crippen molar-refractivity contribution in [3.8, 4) is 0 Å². The van der Waals surface area contributed by atoms with Gasteiger partial charge in [-0.05, 0) is 40.1 Å². The van der Waals surface area contributed by atoms with Crippen LogP contribution >= 0.6 is 0 Å². The molecule has 0 saturated heterocycles. The summed E-state index contributed by atoms with van der Waals surface area (Å²) >= 11 is 0. The van der Waals surface area contributed by atoms with Crippen molar-refractivity contribution in [2.45, 2.75) is 13.3 Å². The number of oxazole rings is 1. The third-order valence-electron chi connectivity index (χ3n) is 3.32. The average Bonchev–Trinajstić information content (AvgIpc) is 2.73. The van der Waals surface area contributed by atoms with Crippen molar-refractivity contribution >= 4 is 22.5 Å². The van der Waals surface area contributed by atoms with Crippen molar-refractivity contribution in [2.24, 2.45) is 0 Å². The van der Waals surface area contributed by atoms with Crippen LogP contribution in [0.15, 0.2) is 21.3 Å². The highest BCUT2D eigenvalue weighted by atomic mass is 16.4. The summed E-state index contributed by atoms with van der Waals surface area (Å²) in [4.78, 5) is 18.3. The molecule has 0 fully saturated rings. The van der Waals surface area contributed by atoms with E-state index in [9.17, 15) is 4.79 Å². The van der Waals surface area contributed by atoms with Crippen LogP contribution in [0.2, 0.25) is 0 Å². The lowest BCUT2D eigenvalue weighted by atomic mass is 10.2. The highest BCUT2D eigenvalue weighted by Gasteiger charge is 2.12. The second kappa shape index (κ2) is 6.00. The van der Waals surface area contributed by atoms with E-state index in [1.165, 1.54) is 0 Å². The first-order valence-corrected chi connectivity index (χ1v) is 6.83. The molecule has 0 saturated carbocycles. The zero-order chi connectivity index (χ0) is 14.7. The number of hydrogen-bond acceptors (Lipinski definition) is 5. The van der Waals surface area contributed by atoms with E-state index >= 15 is 0 Å². The third-order valence-corrected chi connectivity index (χ3v) is 3.32. The van der Waals surface area contributed by atoms with E-state index in [-0.39, 0.29) is 0 Å². The maximum Gasteiger partial charge on any atom is 0.417 e. The Morgan fingerprint density at radius 3 is 2.70 bits per heavy atom. The van der Waals surface area contributed by atoms with E-state index in [1.54, 1.807) is 6.07 Å². The number of nitrogens with two attached hydrogens (primary N) is 1. The van der Waals surface area contributed by atoms with E-state index in [2.05, 4.69) is 35.8 Å². The molecule has 0 aliphatic carbocycles. The monoisotopic (exact) mass is 278 g/mol. The van der Waals surface area contributed by atoms with E-state index in [0.717, 1.165) is 31.7 Å². The zero-order valence-corrected chi connectivity index (χ0v) is 12.3. The van der Waals surface area contributed by atoms with Crippen LogP contribution in [0.1, 0.15) is 13.3 Å². The van der Waals surface area contributed by atoms with Crippen molar-refractivity contribution in [3.05, 3.63) is 22.7 Å². The molecule has 0 aliphatic heterocycles. The summed E-state index contributed by atoms with van der Waals surface area (Å²) in [5.74, 6) is -0.452. The fourth-order valence-corrected chi connectivity index (χ4v) is 2.30. The van der Waals surface area contributed by atoms with E-state index in [0.29, 0.717) is 16.8 Å². The van der Waals surface area contributed by atoms with Crippen LogP contribution in [-0.2, 0) is 0 Å². The number of hydrogen-bond donors (Lipinski definition) is 2. The molecule has 6 nitrogen and oxygen atoms in total. The minimum absolute atomic E-state index is 0.452. The van der Waals surface area contributed by atoms with Gasteiger partial charge in [-0.3, -0.25) is 4.98 Å². The summed E-state index contributed by atoms with van der Waals surface area (Å²) in [7, 11) is 4.12. The molecular weight excluding hydrogens is 256 g/mol. The van der Waals surface area contributed by atoms with Gasteiger partial charge < -0.3 is 20.0 Å². The number of aromatic amines is 1. The largest absolute Gasteiger partial charge is 0.417 e. The van der Waals surface area contributed by atoms with Crippen molar-refractivity contribution in [1.82, 2.24) is 9.88 Å². The molecule has 0 radical (unpaired) electrons. The van der Waals surface area contributed by atoms with Gasteiger partial charge in [0.2, 0.25) is 0 Å². The molecule has 20 heavy (non-hydrogen) atoms. The molecule has 110 valence electrons. The van der Waals surface area contributed by atoms with Gasteiger partial charge in [0, 0.05) is 19.2 Å². The van der Waals surface area contributed by atoms with Gasteiger partial charge in [-0.1, -0.05) is 0 Å². The van der Waals surface area contributed by atoms with Crippen molar-refractivity contribution in [3.63, 3.8) is 0 Å². The third kappa shape index (κ3) is 3.14. The summed E-state index contributed by atoms with van der Waals surface area (Å²) in [5.41, 5.74) is 8.83. The van der Waals surface area contributed by atoms with Crippen molar-refractivity contribution in [1.29, 1.82) is 0 Å². The quantitative estimate of drug-likeness (QED) is 0.783. The molecule has 0 unspecified atom stereocenters. The summed E-state index contributed by atoms with van der Waals surface area (Å²) in [6, 6.07) is 3.59. The SMILES string of the molecule is CCN(CCCN(C)C)c1cc2[nH]c(=O)oc2cc1N. The molecular formula is C14H22N4O2. The first-order chi connectivity index (χ1) is 9.51. The number of nitrogen functional groups attached to an aromatic ring is 1. The molecule has 0 amide bonds. The molecule has 0 atom stereocenters. The van der Waals surface area contributed by atoms with Gasteiger partial charge in [0.1, 0.15) is 0 Å². The second-order valence-corrected chi connectivity index (χ2v) is 5.16. The van der Waals surface area contributed by atoms with Gasteiger partial charge in [-0.15, -0.1) is 0 Å². The minimum Gasteiger partial charge on any atom is -0.408 e. The Bertz CT molecular complexity index is 630. The number of fused-ring (bicyclic) bond motifs is 1. The molecule has 1 aromatic heterocycles. The molecule has 1 heterocycles. The smallest absolute Gasteiger partial charge is 0.408 e. The predicted octanol–water partition coefficient (Wildman–Crippen LogP) is 1.48. The average molecular weight is 278 g/mol. The van der Waals surface area contributed by atoms with Gasteiger partial charge in [0.25, 0.3) is 0 Å². The lowest BCUT2D eigenvalue weighted by molar-refractivity contribution is 0.400. The summed E-state index contributed by atoms with van der Waals surface area (Å²) < 4.78 is 5.01. The molecule has 1 aromatic carbocycles. The molecule has 3 N–H and O–H groups in total. The zero-order valence-electron chi connectivity index (χ0n) is 12.3. The minimum atomic E-state index is -0.452. The summed E-state index contributed by atoms with van der Waals surface area (Å²) in [6.45, 7) is 4.91. The van der Waals surface area contributed by atoms with Crippen LogP contribution in [0.3, 0.4) is 0 Å². The molecule has 0 spiro atoms. The molecule has 0 bridgehead atoms. The normalized spacial score (nSPS) is 11.4. The highest BCUT2D eigenvalue weighted by Crippen LogP contribution is 2.28. The molecule has 2 rings (SSSR count). The number of H-pyrrole nitrogens is 1. The number of rotatable bonds is 6. The van der Waals surface area contributed by atoms with E-state index in [1.807, 2.05) is 6.07 Å². The lowest BCUT2D eigenvalue weighted by Gasteiger charge is -2.25. The summed E-state index contributed by atoms with van der Waals surface area (Å²) in [5, 5.41) is 0. The topological polar surface area (TPSA) is 78.5 Å². The van der Waals surface area contributed by atoms with Crippen LogP contribution in [0.25, 0.3) is 11.1 Å². The van der Waals surface area contributed by atoms with Gasteiger partial charge in [0.05, 0.1) is 16.9 Å². The van der Waals surface area contributed by atoms with Crippen LogP contribution in [-0.4, -0.2) is 43.6 Å². The Balaban J connectivity index is 2.24. The maximum absolute atomic E-state index is 11.2. The molecule has 0 aliphatic rings. The number of anilines is 2. The van der Waals surface area contributed by atoms with Crippen LogP contribution < -0.4 is 16.4 Å². The first kappa shape index (κ1) is 14.5. The fraction of sp³-hybridized carbons (Fsp3) is 0.500. The standard InChI is InChI=1S/C14H22N4O2/c1-4-18(7-5-6-17(2)3)12-9-11-13(8-10(12)15)20-14(19)16-11/h8-9H,4-7,15H2,1-3H3,(H,16,19). The lowest BCUT2D eigenvalue weighted by Crippen LogP contribution is -2.27. The van der Waals surface area contributed by atoms with Crippen LogP contribution in [0.4, 0.5) is 11.4 Å². The van der Waals surface area contributed by atoms with Gasteiger partial charge in [-0.2, -0.15) is 0 Å². The molecule has 2 aromatic rings. The van der Waals surface area contributed by atoms with Gasteiger partial charge >= 0.3 is 5.76 Å². The van der Waals surface area contributed by atoms with Crippen molar-refractivity contribution < 1.29 is 4.42 Å². The Labute approximate surface area is 118 Å². The van der Waals surface area contributed by atoms with E-state index in [4.69, 9.17) is 10.2 Å². The van der Waals surface area contributed by atoms with Gasteiger partial charge in [-0.25, -0.2) is 4.79 Å². The fourth-order valence-electron chi connectivity index (χ4n) is 2.30. The Morgan fingerprint density at radius 1 is 1.30 bits per heavy atom. The number of benzene rings is 1. The van der Waals surface area contributed by atoms with Gasteiger partial charge in [0.15, 0.2) is 5.58 Å². The summed E-state index contributed by atoms with van der Waals surface area (Å²) in [6.07, 6.45) is 1.06. The number of aromatic nitrogens is 1. The predicted molar refractivity (Wildman–Crippen MR) is 82.3 cm³/mol.